The van der Waals surface area contributed by atoms with Crippen molar-refractivity contribution in [3.8, 4) is 0 Å². The summed E-state index contributed by atoms with van der Waals surface area (Å²) in [5.74, 6) is 0. The molecule has 0 radical (unpaired) electrons. The number of halogens is 1. The van der Waals surface area contributed by atoms with Gasteiger partial charge in [0.25, 0.3) is 0 Å². The summed E-state index contributed by atoms with van der Waals surface area (Å²) in [6.45, 7) is 16.7. The van der Waals surface area contributed by atoms with Crippen LogP contribution in [0.1, 0.15) is 93.9 Å². The molecule has 0 spiro atoms. The summed E-state index contributed by atoms with van der Waals surface area (Å²) in [5.41, 5.74) is -0.160. The molecule has 2 aliphatic rings. The first-order valence-corrected chi connectivity index (χ1v) is 9.17. The molecule has 25 heavy (non-hydrogen) atoms. The maximum Gasteiger partial charge on any atom is 1.00 e. The second-order valence-electron chi connectivity index (χ2n) is 9.58. The van der Waals surface area contributed by atoms with Gasteiger partial charge in [-0.1, -0.05) is 0 Å². The molecule has 0 aromatic rings. The van der Waals surface area contributed by atoms with Crippen LogP contribution < -0.4 is 34.2 Å². The maximum atomic E-state index is 9.80. The van der Waals surface area contributed by atoms with Crippen LogP contribution in [-0.2, 0) is 0 Å². The van der Waals surface area contributed by atoms with Crippen molar-refractivity contribution in [2.24, 2.45) is 0 Å². The second-order valence-corrected chi connectivity index (χ2v) is 9.58. The summed E-state index contributed by atoms with van der Waals surface area (Å²) in [5, 5.41) is 22.6. The van der Waals surface area contributed by atoms with Gasteiger partial charge in [-0.05, 0) is 93.9 Å². The molecule has 0 aromatic heterocycles. The Morgan fingerprint density at radius 3 is 0.880 bits per heavy atom. The van der Waals surface area contributed by atoms with E-state index >= 15 is 0 Å². The van der Waals surface area contributed by atoms with E-state index in [-0.39, 0.29) is 51.7 Å². The zero-order chi connectivity index (χ0) is 19.4. The van der Waals surface area contributed by atoms with Gasteiger partial charge in [0.05, 0.1) is 0 Å². The molecule has 0 amide bonds. The van der Waals surface area contributed by atoms with Crippen molar-refractivity contribution in [1.29, 1.82) is 0 Å². The summed E-state index contributed by atoms with van der Waals surface area (Å²) in [6, 6.07) is 0. The van der Waals surface area contributed by atoms with Crippen molar-refractivity contribution in [2.75, 3.05) is 0 Å². The zero-order valence-electron chi connectivity index (χ0n) is 17.8. The first kappa shape index (κ1) is 28.3. The third kappa shape index (κ3) is 7.92. The molecule has 0 aromatic carbocycles. The number of hydrogen-bond donors (Lipinski definition) is 2. The van der Waals surface area contributed by atoms with Crippen LogP contribution in [0.3, 0.4) is 0 Å². The number of rotatable bonds is 0. The average molecular weight is 389 g/mol. The Bertz CT molecular complexity index is 323. The Kier molecular flexibility index (Phi) is 12.0. The van der Waals surface area contributed by atoms with Gasteiger partial charge in [0.15, 0.2) is 0 Å². The molecule has 2 saturated heterocycles. The monoisotopic (exact) mass is 388 g/mol. The van der Waals surface area contributed by atoms with E-state index in [2.05, 4.69) is 67.3 Å². The maximum absolute atomic E-state index is 9.80. The van der Waals surface area contributed by atoms with E-state index in [0.717, 1.165) is 25.7 Å². The number of piperidine rings is 2. The summed E-state index contributed by atoms with van der Waals surface area (Å²) in [6.07, 6.45) is 6.80. The molecule has 2 fully saturated rings. The van der Waals surface area contributed by atoms with Gasteiger partial charge in [-0.3, -0.25) is 0 Å². The van der Waals surface area contributed by atoms with Crippen molar-refractivity contribution in [3.63, 3.8) is 0 Å². The van der Waals surface area contributed by atoms with Crippen LogP contribution in [0.5, 0.6) is 0 Å². The minimum absolute atomic E-state index is 0. The van der Waals surface area contributed by atoms with Gasteiger partial charge in [-0.2, -0.15) is 10.1 Å². The van der Waals surface area contributed by atoms with Gasteiger partial charge in [-0.15, -0.1) is 0 Å². The van der Waals surface area contributed by atoms with E-state index in [1.807, 2.05) is 0 Å². The van der Waals surface area contributed by atoms with E-state index in [4.69, 9.17) is 4.66 Å². The van der Waals surface area contributed by atoms with Crippen LogP contribution in [-0.4, -0.2) is 42.7 Å². The van der Waals surface area contributed by atoms with Crippen LogP contribution in [0.15, 0.2) is 0 Å². The van der Waals surface area contributed by atoms with Crippen molar-refractivity contribution >= 4 is 11.9 Å². The molecule has 146 valence electrons. The molecule has 0 unspecified atom stereocenters. The average Bonchev–Trinajstić information content (AvgIpc) is 2.45. The van der Waals surface area contributed by atoms with Crippen LogP contribution in [0.2, 0.25) is 0 Å². The molecule has 0 saturated carbocycles. The van der Waals surface area contributed by atoms with Gasteiger partial charge in [0, 0.05) is 22.2 Å². The Morgan fingerprint density at radius 2 is 0.760 bits per heavy atom. The van der Waals surface area contributed by atoms with Gasteiger partial charge in [0.1, 0.15) is 0 Å². The number of hydroxylamine groups is 4. The van der Waals surface area contributed by atoms with E-state index in [1.165, 1.54) is 23.0 Å². The largest absolute Gasteiger partial charge is 1.00 e. The molecule has 0 aliphatic carbocycles. The number of nitrogens with zero attached hydrogens (tertiary/aromatic N) is 2. The van der Waals surface area contributed by atoms with Crippen LogP contribution in [0, 0.1) is 0 Å². The molecule has 0 atom stereocenters. The minimum atomic E-state index is -0.0399. The first-order chi connectivity index (χ1) is 10.7. The first-order valence-electron chi connectivity index (χ1n) is 8.86. The molecular formula is C18H38ClN2NaO3. The van der Waals surface area contributed by atoms with Crippen LogP contribution in [0.4, 0.5) is 0 Å². The smallest absolute Gasteiger partial charge is 0.769 e. The molecule has 2 aliphatic heterocycles. The van der Waals surface area contributed by atoms with Gasteiger partial charge in [0.2, 0.25) is 0 Å². The van der Waals surface area contributed by atoms with E-state index in [1.54, 1.807) is 0 Å². The molecule has 2 N–H and O–H groups in total. The predicted octanol–water partition coefficient (Wildman–Crippen LogP) is 1.34. The third-order valence-corrected chi connectivity index (χ3v) is 5.45. The van der Waals surface area contributed by atoms with Crippen molar-refractivity contribution < 1.29 is 44.6 Å². The fourth-order valence-corrected chi connectivity index (χ4v) is 3.97. The Balaban J connectivity index is 0. The van der Waals surface area contributed by atoms with E-state index in [9.17, 15) is 10.4 Å². The van der Waals surface area contributed by atoms with Crippen molar-refractivity contribution in [2.45, 2.75) is 116 Å². The van der Waals surface area contributed by atoms with E-state index < -0.39 is 0 Å². The normalized spacial score (nSPS) is 26.9. The minimum Gasteiger partial charge on any atom is -0.769 e. The molecule has 0 bridgehead atoms. The Morgan fingerprint density at radius 1 is 0.600 bits per heavy atom. The quantitative estimate of drug-likeness (QED) is 0.613. The SMILES string of the molecule is CC1(C)CCCC(C)(C)N1O.CC1(C)CCCC(C)(C)N1O.[Na+].[O-]Cl. The van der Waals surface area contributed by atoms with Gasteiger partial charge < -0.3 is 15.1 Å². The van der Waals surface area contributed by atoms with Crippen molar-refractivity contribution in [1.82, 2.24) is 10.1 Å². The standard InChI is InChI=1S/2C9H19NO.ClO.Na/c2*1-8(2)6-5-7-9(3,4)10(8)11;1-2;/h2*11H,5-7H2,1-4H3;;/q;;-1;+1. The van der Waals surface area contributed by atoms with E-state index in [0.29, 0.717) is 0 Å². The van der Waals surface area contributed by atoms with Gasteiger partial charge >= 0.3 is 29.6 Å². The Hall–Kier alpha value is 1.09. The zero-order valence-corrected chi connectivity index (χ0v) is 20.6. The second kappa shape index (κ2) is 10.6. The number of hydrogen-bond acceptors (Lipinski definition) is 5. The third-order valence-electron chi connectivity index (χ3n) is 5.45. The Labute approximate surface area is 182 Å². The summed E-state index contributed by atoms with van der Waals surface area (Å²) >= 11 is 3.39. The molecule has 2 rings (SSSR count). The van der Waals surface area contributed by atoms with Gasteiger partial charge in [-0.25, -0.2) is 11.9 Å². The predicted molar refractivity (Wildman–Crippen MR) is 97.1 cm³/mol. The summed E-state index contributed by atoms with van der Waals surface area (Å²) in [4.78, 5) is 0. The summed E-state index contributed by atoms with van der Waals surface area (Å²) in [7, 11) is 0. The topological polar surface area (TPSA) is 70.0 Å². The fraction of sp³-hybridized carbons (Fsp3) is 1.00. The molecule has 2 heterocycles. The fourth-order valence-electron chi connectivity index (χ4n) is 3.97. The molecular weight excluding hydrogens is 351 g/mol. The van der Waals surface area contributed by atoms with Crippen LogP contribution in [0.25, 0.3) is 0 Å². The molecule has 5 nitrogen and oxygen atoms in total. The molecule has 7 heteroatoms. The van der Waals surface area contributed by atoms with Crippen LogP contribution >= 0.6 is 11.9 Å². The summed E-state index contributed by atoms with van der Waals surface area (Å²) < 4.78 is 7.72. The van der Waals surface area contributed by atoms with Crippen molar-refractivity contribution in [3.05, 3.63) is 0 Å².